The van der Waals surface area contributed by atoms with Crippen LogP contribution in [0.1, 0.15) is 0 Å². The third kappa shape index (κ3) is 7.32. The van der Waals surface area contributed by atoms with Crippen molar-refractivity contribution in [2.45, 2.75) is 6.04 Å². The van der Waals surface area contributed by atoms with E-state index in [9.17, 15) is 23.4 Å². The first-order valence-electron chi connectivity index (χ1n) is 7.31. The lowest BCUT2D eigenvalue weighted by Gasteiger charge is -2.21. The number of rotatable bonds is 10. The molecule has 162 valence electrons. The molecule has 0 aliphatic carbocycles. The minimum atomic E-state index is -5.53. The molecular formula is C10H16N5O11P3. The van der Waals surface area contributed by atoms with Gasteiger partial charge in [0.1, 0.15) is 12.2 Å². The summed E-state index contributed by atoms with van der Waals surface area (Å²) in [5.74, 6) is -0.601. The Morgan fingerprint density at radius 3 is 2.48 bits per heavy atom. The average Bonchev–Trinajstić information content (AvgIpc) is 2.86. The molecule has 0 saturated carbocycles. The topological polar surface area (TPSA) is 243 Å². The van der Waals surface area contributed by atoms with E-state index >= 15 is 0 Å². The van der Waals surface area contributed by atoms with Crippen molar-refractivity contribution in [1.29, 1.82) is 0 Å². The molecule has 0 saturated heterocycles. The van der Waals surface area contributed by atoms with Crippen molar-refractivity contribution in [3.63, 3.8) is 0 Å². The number of aliphatic imine (C=N–C) groups is 3. The molecule has 2 aliphatic heterocycles. The molecule has 0 aromatic rings. The van der Waals surface area contributed by atoms with Gasteiger partial charge in [-0.15, -0.1) is 0 Å². The number of amidine groups is 1. The van der Waals surface area contributed by atoms with Gasteiger partial charge >= 0.3 is 23.2 Å². The summed E-state index contributed by atoms with van der Waals surface area (Å²) in [7, 11) is -15.9. The maximum absolute atomic E-state index is 11.7. The summed E-state index contributed by atoms with van der Waals surface area (Å²) in [5.41, 5.74) is 5.74. The molecule has 3 atom stereocenters. The smallest absolute Gasteiger partial charge is 0.368 e. The maximum atomic E-state index is 11.7. The Bertz CT molecular complexity index is 940. The van der Waals surface area contributed by atoms with Crippen LogP contribution < -0.4 is 5.73 Å². The molecule has 16 nitrogen and oxygen atoms in total. The van der Waals surface area contributed by atoms with Crippen LogP contribution in [0.2, 0.25) is 0 Å². The highest BCUT2D eigenvalue weighted by atomic mass is 31.3. The summed E-state index contributed by atoms with van der Waals surface area (Å²) in [6, 6.07) is -0.921. The van der Waals surface area contributed by atoms with Gasteiger partial charge in [0.05, 0.1) is 12.9 Å². The zero-order valence-electron chi connectivity index (χ0n) is 14.3. The molecule has 19 heteroatoms. The number of hydrogen-bond donors (Lipinski definition) is 5. The number of nitrogens with zero attached hydrogens (tertiary/aromatic N) is 4. The molecule has 0 aromatic heterocycles. The van der Waals surface area contributed by atoms with Crippen molar-refractivity contribution in [1.82, 2.24) is 4.90 Å². The van der Waals surface area contributed by atoms with E-state index in [-0.39, 0.29) is 24.9 Å². The van der Waals surface area contributed by atoms with Gasteiger partial charge < -0.3 is 34.9 Å². The number of fused-ring (bicyclic) bond motifs is 1. The van der Waals surface area contributed by atoms with Gasteiger partial charge in [-0.25, -0.2) is 13.4 Å². The number of ether oxygens (including phenoxy) is 1. The predicted molar refractivity (Wildman–Crippen MR) is 96.9 cm³/mol. The Morgan fingerprint density at radius 1 is 1.21 bits per heavy atom. The summed E-state index contributed by atoms with van der Waals surface area (Å²) in [5, 5.41) is 0. The molecule has 0 radical (unpaired) electrons. The second-order valence-electron chi connectivity index (χ2n) is 5.56. The van der Waals surface area contributed by atoms with Crippen LogP contribution in [0.15, 0.2) is 27.1 Å². The fourth-order valence-electron chi connectivity index (χ4n) is 2.09. The zero-order valence-corrected chi connectivity index (χ0v) is 17.0. The van der Waals surface area contributed by atoms with Crippen molar-refractivity contribution in [3.8, 4) is 0 Å². The fraction of sp³-hybridized carbons (Fsp3) is 0.400. The van der Waals surface area contributed by atoms with Crippen LogP contribution in [0.4, 0.5) is 0 Å². The van der Waals surface area contributed by atoms with Gasteiger partial charge in [0, 0.05) is 6.54 Å². The molecule has 2 rings (SSSR count). The van der Waals surface area contributed by atoms with Gasteiger partial charge in [-0.2, -0.15) is 14.3 Å². The second kappa shape index (κ2) is 8.66. The van der Waals surface area contributed by atoms with E-state index in [1.165, 1.54) is 11.2 Å². The van der Waals surface area contributed by atoms with E-state index in [4.69, 9.17) is 25.2 Å². The van der Waals surface area contributed by atoms with E-state index in [2.05, 4.69) is 30.2 Å². The molecule has 0 bridgehead atoms. The molecule has 0 aromatic carbocycles. The van der Waals surface area contributed by atoms with Crippen LogP contribution in [0.25, 0.3) is 0 Å². The van der Waals surface area contributed by atoms with Crippen molar-refractivity contribution in [2.24, 2.45) is 20.7 Å². The first-order valence-corrected chi connectivity index (χ1v) is 12.1. The highest BCUT2D eigenvalue weighted by molar-refractivity contribution is 7.68. The van der Waals surface area contributed by atoms with Crippen LogP contribution in [-0.4, -0.2) is 74.1 Å². The molecule has 2 heterocycles. The Hall–Kier alpha value is -1.57. The summed E-state index contributed by atoms with van der Waals surface area (Å²) >= 11 is 0. The van der Waals surface area contributed by atoms with Gasteiger partial charge in [0.2, 0.25) is 5.96 Å². The SMILES string of the molecule is C=C(COCP(=O)(O)OP(=O)(O)OP(=O)(O)O)CN1C=NC2C(=O)N=C(N)N=C21. The lowest BCUT2D eigenvalue weighted by molar-refractivity contribution is -0.117. The quantitative estimate of drug-likeness (QED) is 0.186. The van der Waals surface area contributed by atoms with Crippen LogP contribution in [0.5, 0.6) is 0 Å². The van der Waals surface area contributed by atoms with Crippen LogP contribution in [-0.2, 0) is 31.8 Å². The number of carbonyl (C=O) groups is 1. The van der Waals surface area contributed by atoms with Crippen LogP contribution in [0.3, 0.4) is 0 Å². The van der Waals surface area contributed by atoms with Crippen molar-refractivity contribution < 1.29 is 51.4 Å². The summed E-state index contributed by atoms with van der Waals surface area (Å²) in [4.78, 5) is 59.9. The van der Waals surface area contributed by atoms with Crippen molar-refractivity contribution in [2.75, 3.05) is 19.5 Å². The molecule has 1 amide bonds. The normalized spacial score (nSPS) is 23.1. The monoisotopic (exact) mass is 475 g/mol. The number of phosphoric acid groups is 2. The minimum absolute atomic E-state index is 0.0375. The highest BCUT2D eigenvalue weighted by Crippen LogP contribution is 2.65. The lowest BCUT2D eigenvalue weighted by Crippen LogP contribution is -2.40. The fourth-order valence-corrected chi connectivity index (χ4v) is 5.36. The van der Waals surface area contributed by atoms with E-state index in [0.717, 1.165) is 0 Å². The van der Waals surface area contributed by atoms with E-state index in [1.807, 2.05) is 0 Å². The Labute approximate surface area is 162 Å². The van der Waals surface area contributed by atoms with E-state index < -0.39 is 41.5 Å². The number of amides is 1. The predicted octanol–water partition coefficient (Wildman–Crippen LogP) is -1.11. The first-order chi connectivity index (χ1) is 13.2. The molecule has 29 heavy (non-hydrogen) atoms. The summed E-state index contributed by atoms with van der Waals surface area (Å²) < 4.78 is 45.7. The summed E-state index contributed by atoms with van der Waals surface area (Å²) in [6.45, 7) is 3.37. The number of guanidine groups is 1. The average molecular weight is 475 g/mol. The summed E-state index contributed by atoms with van der Waals surface area (Å²) in [6.07, 6.45) is 0.193. The zero-order chi connectivity index (χ0) is 22.0. The van der Waals surface area contributed by atoms with Crippen LogP contribution in [0, 0.1) is 0 Å². The molecule has 2 aliphatic rings. The van der Waals surface area contributed by atoms with Crippen LogP contribution >= 0.6 is 23.2 Å². The Kier molecular flexibility index (Phi) is 7.08. The maximum Gasteiger partial charge on any atom is 0.488 e. The molecule has 0 fully saturated rings. The van der Waals surface area contributed by atoms with Gasteiger partial charge in [-0.05, 0) is 5.57 Å². The third-order valence-corrected chi connectivity index (χ3v) is 7.01. The second-order valence-corrected chi connectivity index (χ2v) is 10.3. The Morgan fingerprint density at radius 2 is 1.86 bits per heavy atom. The number of carbonyl (C=O) groups excluding carboxylic acids is 1. The van der Waals surface area contributed by atoms with Crippen molar-refractivity contribution in [3.05, 3.63) is 12.2 Å². The third-order valence-electron chi connectivity index (χ3n) is 2.98. The number of nitrogens with two attached hydrogens (primary N) is 1. The van der Waals surface area contributed by atoms with Crippen molar-refractivity contribution >= 4 is 47.3 Å². The largest absolute Gasteiger partial charge is 0.488 e. The first kappa shape index (κ1) is 23.7. The number of hydrogen-bond acceptors (Lipinski definition) is 11. The van der Waals surface area contributed by atoms with Gasteiger partial charge in [-0.3, -0.25) is 14.4 Å². The van der Waals surface area contributed by atoms with Gasteiger partial charge in [0.25, 0.3) is 5.91 Å². The lowest BCUT2D eigenvalue weighted by atomic mass is 10.2. The minimum Gasteiger partial charge on any atom is -0.368 e. The molecular weight excluding hydrogens is 459 g/mol. The standard InChI is InChI=1S/C10H16N5O11P3/c1-6(2-15-4-12-7-8(15)13-10(11)14-9(7)16)3-24-5-27(17,18)25-29(22,23)26-28(19,20)21/h4,7H,1-3,5H2,(H,17,18)(H,22,23)(H2,11,14,16)(H2,19,20,21). The molecule has 6 N–H and O–H groups in total. The Balaban J connectivity index is 1.84. The molecule has 0 spiro atoms. The van der Waals surface area contributed by atoms with E-state index in [0.29, 0.717) is 5.57 Å². The van der Waals surface area contributed by atoms with Gasteiger partial charge in [0.15, 0.2) is 6.04 Å². The van der Waals surface area contributed by atoms with E-state index in [1.54, 1.807) is 0 Å². The molecule has 3 unspecified atom stereocenters. The highest BCUT2D eigenvalue weighted by Gasteiger charge is 2.40. The van der Waals surface area contributed by atoms with Gasteiger partial charge in [-0.1, -0.05) is 6.58 Å².